The van der Waals surface area contributed by atoms with Crippen LogP contribution in [0.15, 0.2) is 29.4 Å². The summed E-state index contributed by atoms with van der Waals surface area (Å²) in [6.45, 7) is 4.13. The number of methoxy groups -OCH3 is 1. The van der Waals surface area contributed by atoms with E-state index in [1.165, 1.54) is 11.8 Å². The van der Waals surface area contributed by atoms with Crippen molar-refractivity contribution in [3.63, 3.8) is 0 Å². The number of thioether (sulfide) groups is 1. The Morgan fingerprint density at radius 3 is 2.67 bits per heavy atom. The van der Waals surface area contributed by atoms with Crippen LogP contribution in [0.5, 0.6) is 5.75 Å². The highest BCUT2D eigenvalue weighted by molar-refractivity contribution is 7.99. The van der Waals surface area contributed by atoms with Crippen LogP contribution in [0.3, 0.4) is 0 Å². The number of nitrogens with zero attached hydrogens (tertiary/aromatic N) is 3. The molecule has 2 aromatic rings. The molecule has 0 aliphatic heterocycles. The fourth-order valence-corrected chi connectivity index (χ4v) is 3.11. The molecule has 24 heavy (non-hydrogen) atoms. The van der Waals surface area contributed by atoms with Gasteiger partial charge in [0.25, 0.3) is 0 Å². The van der Waals surface area contributed by atoms with Gasteiger partial charge in [-0.3, -0.25) is 4.79 Å². The second-order valence-corrected chi connectivity index (χ2v) is 6.58. The van der Waals surface area contributed by atoms with Gasteiger partial charge < -0.3 is 14.6 Å². The zero-order chi connectivity index (χ0) is 17.5. The highest BCUT2D eigenvalue weighted by atomic mass is 32.2. The second-order valence-electron chi connectivity index (χ2n) is 5.64. The van der Waals surface area contributed by atoms with Crippen molar-refractivity contribution in [1.29, 1.82) is 0 Å². The van der Waals surface area contributed by atoms with Gasteiger partial charge in [-0.05, 0) is 37.6 Å². The van der Waals surface area contributed by atoms with Crippen LogP contribution in [0.2, 0.25) is 0 Å². The molecule has 1 amide bonds. The first-order chi connectivity index (χ1) is 11.5. The average Bonchev–Trinajstić information content (AvgIpc) is 2.94. The van der Waals surface area contributed by atoms with Crippen molar-refractivity contribution in [3.8, 4) is 17.1 Å². The van der Waals surface area contributed by atoms with Crippen molar-refractivity contribution in [3.05, 3.63) is 24.3 Å². The predicted octanol–water partition coefficient (Wildman–Crippen LogP) is 2.89. The Kier molecular flexibility index (Phi) is 6.66. The van der Waals surface area contributed by atoms with E-state index in [9.17, 15) is 4.79 Å². The summed E-state index contributed by atoms with van der Waals surface area (Å²) < 4.78 is 7.06. The first-order valence-corrected chi connectivity index (χ1v) is 8.99. The quantitative estimate of drug-likeness (QED) is 0.743. The number of hydrogen-bond acceptors (Lipinski definition) is 5. The number of rotatable bonds is 8. The molecule has 1 N–H and O–H groups in total. The normalized spacial score (nSPS) is 12.0. The number of hydrogen-bond donors (Lipinski definition) is 1. The average molecular weight is 348 g/mol. The summed E-state index contributed by atoms with van der Waals surface area (Å²) in [4.78, 5) is 12.0. The molecule has 1 atom stereocenters. The summed E-state index contributed by atoms with van der Waals surface area (Å²) in [5, 5.41) is 12.1. The second kappa shape index (κ2) is 8.73. The van der Waals surface area contributed by atoms with E-state index in [-0.39, 0.29) is 11.9 Å². The number of carbonyl (C=O) groups is 1. The maximum atomic E-state index is 12.0. The Bertz CT molecular complexity index is 670. The van der Waals surface area contributed by atoms with Gasteiger partial charge in [-0.25, -0.2) is 0 Å². The first kappa shape index (κ1) is 18.3. The largest absolute Gasteiger partial charge is 0.497 e. The van der Waals surface area contributed by atoms with Crippen molar-refractivity contribution < 1.29 is 9.53 Å². The minimum Gasteiger partial charge on any atom is -0.497 e. The summed E-state index contributed by atoms with van der Waals surface area (Å²) in [5.41, 5.74) is 0.957. The molecule has 6 nitrogen and oxygen atoms in total. The Balaban J connectivity index is 1.98. The van der Waals surface area contributed by atoms with E-state index in [2.05, 4.69) is 22.4 Å². The topological polar surface area (TPSA) is 69.0 Å². The highest BCUT2D eigenvalue weighted by Gasteiger charge is 2.14. The fourth-order valence-electron chi connectivity index (χ4n) is 2.38. The third-order valence-electron chi connectivity index (χ3n) is 3.64. The third-order valence-corrected chi connectivity index (χ3v) is 4.66. The third kappa shape index (κ3) is 4.74. The minimum atomic E-state index is 0.0231. The summed E-state index contributed by atoms with van der Waals surface area (Å²) in [5.74, 6) is 1.92. The SMILES string of the molecule is CCC[C@@H](C)NC(=O)CSc1nnc(-c2ccc(OC)cc2)n1C. The summed E-state index contributed by atoms with van der Waals surface area (Å²) >= 11 is 1.39. The standard InChI is InChI=1S/C17H24N4O2S/c1-5-6-12(2)18-15(22)11-24-17-20-19-16(21(17)3)13-7-9-14(23-4)10-8-13/h7-10,12H,5-6,11H2,1-4H3,(H,18,22)/t12-/m1/s1. The Labute approximate surface area is 147 Å². The van der Waals surface area contributed by atoms with Crippen LogP contribution in [0.4, 0.5) is 0 Å². The van der Waals surface area contributed by atoms with Gasteiger partial charge in [0.2, 0.25) is 5.91 Å². The van der Waals surface area contributed by atoms with E-state index >= 15 is 0 Å². The monoisotopic (exact) mass is 348 g/mol. The molecule has 0 bridgehead atoms. The molecule has 0 unspecified atom stereocenters. The van der Waals surface area contributed by atoms with Crippen molar-refractivity contribution in [1.82, 2.24) is 20.1 Å². The summed E-state index contributed by atoms with van der Waals surface area (Å²) in [7, 11) is 3.54. The molecule has 1 aromatic carbocycles. The van der Waals surface area contributed by atoms with Gasteiger partial charge in [-0.1, -0.05) is 25.1 Å². The van der Waals surface area contributed by atoms with Gasteiger partial charge in [0, 0.05) is 18.7 Å². The molecule has 0 fully saturated rings. The molecule has 1 heterocycles. The van der Waals surface area contributed by atoms with Crippen molar-refractivity contribution >= 4 is 17.7 Å². The number of benzene rings is 1. The first-order valence-electron chi connectivity index (χ1n) is 8.01. The van der Waals surface area contributed by atoms with E-state index in [0.29, 0.717) is 5.75 Å². The van der Waals surface area contributed by atoms with Gasteiger partial charge in [0.15, 0.2) is 11.0 Å². The Morgan fingerprint density at radius 2 is 2.04 bits per heavy atom. The molecular weight excluding hydrogens is 324 g/mol. The Morgan fingerprint density at radius 1 is 1.33 bits per heavy atom. The van der Waals surface area contributed by atoms with Crippen LogP contribution in [-0.4, -0.2) is 39.6 Å². The lowest BCUT2D eigenvalue weighted by molar-refractivity contribution is -0.119. The van der Waals surface area contributed by atoms with Crippen LogP contribution in [0.1, 0.15) is 26.7 Å². The van der Waals surface area contributed by atoms with Gasteiger partial charge in [-0.15, -0.1) is 10.2 Å². The van der Waals surface area contributed by atoms with Crippen LogP contribution >= 0.6 is 11.8 Å². The summed E-state index contributed by atoms with van der Waals surface area (Å²) in [6.07, 6.45) is 2.05. The highest BCUT2D eigenvalue weighted by Crippen LogP contribution is 2.24. The minimum absolute atomic E-state index is 0.0231. The maximum Gasteiger partial charge on any atom is 0.230 e. The van der Waals surface area contributed by atoms with Gasteiger partial charge in [-0.2, -0.15) is 0 Å². The molecule has 130 valence electrons. The molecule has 2 rings (SSSR count). The van der Waals surface area contributed by atoms with Crippen LogP contribution in [0, 0.1) is 0 Å². The maximum absolute atomic E-state index is 12.0. The van der Waals surface area contributed by atoms with Gasteiger partial charge in [0.1, 0.15) is 5.75 Å². The van der Waals surface area contributed by atoms with Crippen molar-refractivity contribution in [2.45, 2.75) is 37.9 Å². The number of amides is 1. The van der Waals surface area contributed by atoms with Crippen molar-refractivity contribution in [2.24, 2.45) is 7.05 Å². The van der Waals surface area contributed by atoms with Gasteiger partial charge >= 0.3 is 0 Å². The van der Waals surface area contributed by atoms with E-state index in [1.54, 1.807) is 7.11 Å². The lowest BCUT2D eigenvalue weighted by Crippen LogP contribution is -2.33. The molecule has 1 aromatic heterocycles. The lowest BCUT2D eigenvalue weighted by atomic mass is 10.2. The smallest absolute Gasteiger partial charge is 0.230 e. The zero-order valence-corrected chi connectivity index (χ0v) is 15.4. The number of carbonyl (C=O) groups excluding carboxylic acids is 1. The van der Waals surface area contributed by atoms with Crippen LogP contribution < -0.4 is 10.1 Å². The van der Waals surface area contributed by atoms with E-state index in [4.69, 9.17) is 4.74 Å². The van der Waals surface area contributed by atoms with E-state index in [1.807, 2.05) is 42.8 Å². The van der Waals surface area contributed by atoms with E-state index in [0.717, 1.165) is 35.1 Å². The molecular formula is C17H24N4O2S. The molecule has 0 radical (unpaired) electrons. The zero-order valence-electron chi connectivity index (χ0n) is 14.6. The van der Waals surface area contributed by atoms with E-state index < -0.39 is 0 Å². The van der Waals surface area contributed by atoms with Crippen LogP contribution in [-0.2, 0) is 11.8 Å². The molecule has 0 saturated heterocycles. The molecule has 0 saturated carbocycles. The van der Waals surface area contributed by atoms with Crippen LogP contribution in [0.25, 0.3) is 11.4 Å². The number of ether oxygens (including phenoxy) is 1. The molecule has 0 aliphatic rings. The molecule has 0 aliphatic carbocycles. The summed E-state index contributed by atoms with van der Waals surface area (Å²) in [6, 6.07) is 7.86. The predicted molar refractivity (Wildman–Crippen MR) is 96.2 cm³/mol. The molecule has 7 heteroatoms. The fraction of sp³-hybridized carbons (Fsp3) is 0.471. The van der Waals surface area contributed by atoms with Crippen molar-refractivity contribution in [2.75, 3.05) is 12.9 Å². The number of nitrogens with one attached hydrogen (secondary N) is 1. The number of aromatic nitrogens is 3. The Hall–Kier alpha value is -2.02. The lowest BCUT2D eigenvalue weighted by Gasteiger charge is -2.12. The molecule has 0 spiro atoms. The van der Waals surface area contributed by atoms with Gasteiger partial charge in [0.05, 0.1) is 12.9 Å².